The van der Waals surface area contributed by atoms with Crippen molar-refractivity contribution in [2.24, 2.45) is 0 Å². The number of hydrogen-bond donors (Lipinski definition) is 1. The first kappa shape index (κ1) is 18.1. The van der Waals surface area contributed by atoms with Crippen LogP contribution in [0.1, 0.15) is 22.4 Å². The van der Waals surface area contributed by atoms with E-state index >= 15 is 0 Å². The minimum Gasteiger partial charge on any atom is -0.378 e. The van der Waals surface area contributed by atoms with Gasteiger partial charge in [0.2, 0.25) is 0 Å². The number of aromatic nitrogens is 2. The molecule has 8 heteroatoms. The van der Waals surface area contributed by atoms with Crippen molar-refractivity contribution in [2.45, 2.75) is 25.4 Å². The zero-order valence-corrected chi connectivity index (χ0v) is 16.3. The first-order valence-electron chi connectivity index (χ1n) is 8.98. The summed E-state index contributed by atoms with van der Waals surface area (Å²) in [5.74, 6) is 1.05. The smallest absolute Gasteiger partial charge is 0.315 e. The van der Waals surface area contributed by atoms with Crippen LogP contribution in [0.3, 0.4) is 0 Å². The summed E-state index contributed by atoms with van der Waals surface area (Å²) in [4.78, 5) is 26.7. The summed E-state index contributed by atoms with van der Waals surface area (Å²) >= 11 is 1.76. The number of hydrogen-bond acceptors (Lipinski definition) is 5. The van der Waals surface area contributed by atoms with Crippen LogP contribution in [0, 0.1) is 13.8 Å². The maximum absolute atomic E-state index is 12.6. The number of thioether (sulfide) groups is 1. The monoisotopic (exact) mass is 386 g/mol. The largest absolute Gasteiger partial charge is 0.378 e. The molecular formula is C19H22N4O3S. The molecule has 7 nitrogen and oxygen atoms in total. The van der Waals surface area contributed by atoms with Crippen LogP contribution in [-0.4, -0.2) is 52.8 Å². The van der Waals surface area contributed by atoms with Crippen LogP contribution < -0.4 is 5.32 Å². The Labute approximate surface area is 162 Å². The third kappa shape index (κ3) is 3.46. The Kier molecular flexibility index (Phi) is 4.92. The summed E-state index contributed by atoms with van der Waals surface area (Å²) in [6, 6.07) is 6.11. The summed E-state index contributed by atoms with van der Waals surface area (Å²) in [5.41, 5.74) is 5.12. The molecule has 0 aliphatic carbocycles. The molecule has 1 N–H and O–H groups in total. The number of carbonyl (C=O) groups excluding carboxylic acids is 2. The summed E-state index contributed by atoms with van der Waals surface area (Å²) < 4.78 is 7.02. The number of nitrogens with zero attached hydrogens (tertiary/aromatic N) is 3. The number of aryl methyl sites for hydroxylation is 2. The van der Waals surface area contributed by atoms with Gasteiger partial charge in [-0.25, -0.2) is 4.68 Å². The standard InChI is InChI=1S/C19H22N4O3S/c1-12-3-4-16(13(2)9-12)23-17(14-10-27-11-15(14)21-23)20-18(24)19(25)22-5-7-26-8-6-22/h3-4,9H,5-8,10-11H2,1-2H3,(H,20,24). The molecule has 1 saturated heterocycles. The van der Waals surface area contributed by atoms with E-state index in [0.717, 1.165) is 34.0 Å². The Hall–Kier alpha value is -2.32. The number of carbonyl (C=O) groups is 2. The van der Waals surface area contributed by atoms with Crippen LogP contribution in [0.15, 0.2) is 18.2 Å². The highest BCUT2D eigenvalue weighted by molar-refractivity contribution is 7.98. The fraction of sp³-hybridized carbons (Fsp3) is 0.421. The summed E-state index contributed by atoms with van der Waals surface area (Å²) in [6.07, 6.45) is 0. The number of nitrogens with one attached hydrogen (secondary N) is 1. The minimum absolute atomic E-state index is 0.441. The van der Waals surface area contributed by atoms with Crippen molar-refractivity contribution in [3.8, 4) is 5.69 Å². The topological polar surface area (TPSA) is 76.5 Å². The molecule has 0 atom stereocenters. The highest BCUT2D eigenvalue weighted by atomic mass is 32.2. The molecule has 2 aromatic rings. The fourth-order valence-electron chi connectivity index (χ4n) is 3.43. The number of anilines is 1. The first-order valence-corrected chi connectivity index (χ1v) is 10.1. The lowest BCUT2D eigenvalue weighted by Gasteiger charge is -2.26. The van der Waals surface area contributed by atoms with E-state index in [-0.39, 0.29) is 0 Å². The van der Waals surface area contributed by atoms with E-state index in [2.05, 4.69) is 11.4 Å². The van der Waals surface area contributed by atoms with Gasteiger partial charge >= 0.3 is 11.8 Å². The molecule has 27 heavy (non-hydrogen) atoms. The number of rotatable bonds is 2. The van der Waals surface area contributed by atoms with Gasteiger partial charge in [0.1, 0.15) is 5.82 Å². The van der Waals surface area contributed by atoms with Gasteiger partial charge in [-0.3, -0.25) is 9.59 Å². The number of ether oxygens (including phenoxy) is 1. The van der Waals surface area contributed by atoms with Crippen LogP contribution in [0.2, 0.25) is 0 Å². The Morgan fingerprint density at radius 1 is 1.19 bits per heavy atom. The Morgan fingerprint density at radius 3 is 2.70 bits per heavy atom. The van der Waals surface area contributed by atoms with E-state index in [4.69, 9.17) is 9.84 Å². The molecule has 0 radical (unpaired) electrons. The molecule has 2 aliphatic rings. The predicted octanol–water partition coefficient (Wildman–Crippen LogP) is 2.03. The lowest BCUT2D eigenvalue weighted by Crippen LogP contribution is -2.46. The van der Waals surface area contributed by atoms with E-state index < -0.39 is 11.8 Å². The van der Waals surface area contributed by atoms with Crippen molar-refractivity contribution < 1.29 is 14.3 Å². The maximum atomic E-state index is 12.6. The zero-order chi connectivity index (χ0) is 19.0. The van der Waals surface area contributed by atoms with Gasteiger partial charge in [0.15, 0.2) is 0 Å². The second kappa shape index (κ2) is 7.36. The Bertz CT molecular complexity index is 903. The minimum atomic E-state index is -0.623. The second-order valence-electron chi connectivity index (χ2n) is 6.83. The molecule has 4 rings (SSSR count). The van der Waals surface area contributed by atoms with Crippen molar-refractivity contribution >= 4 is 29.4 Å². The van der Waals surface area contributed by atoms with Crippen molar-refractivity contribution in [1.82, 2.24) is 14.7 Å². The second-order valence-corrected chi connectivity index (χ2v) is 7.81. The van der Waals surface area contributed by atoms with Gasteiger partial charge in [0.25, 0.3) is 0 Å². The molecule has 0 unspecified atom stereocenters. The molecule has 142 valence electrons. The molecule has 3 heterocycles. The van der Waals surface area contributed by atoms with Gasteiger partial charge in [-0.2, -0.15) is 16.9 Å². The van der Waals surface area contributed by atoms with Gasteiger partial charge in [0, 0.05) is 30.2 Å². The number of morpholine rings is 1. The van der Waals surface area contributed by atoms with E-state index in [1.54, 1.807) is 16.4 Å². The molecule has 1 fully saturated rings. The summed E-state index contributed by atoms with van der Waals surface area (Å²) in [7, 11) is 0. The van der Waals surface area contributed by atoms with E-state index in [1.165, 1.54) is 10.5 Å². The average molecular weight is 386 g/mol. The van der Waals surface area contributed by atoms with Crippen LogP contribution in [-0.2, 0) is 25.8 Å². The van der Waals surface area contributed by atoms with E-state index in [1.807, 2.05) is 26.0 Å². The fourth-order valence-corrected chi connectivity index (χ4v) is 4.46. The van der Waals surface area contributed by atoms with Crippen LogP contribution in [0.5, 0.6) is 0 Å². The SMILES string of the molecule is Cc1ccc(-n2nc3c(c2NC(=O)C(=O)N2CCOCC2)CSC3)c(C)c1. The lowest BCUT2D eigenvalue weighted by molar-refractivity contribution is -0.145. The van der Waals surface area contributed by atoms with Gasteiger partial charge in [-0.1, -0.05) is 17.7 Å². The summed E-state index contributed by atoms with van der Waals surface area (Å²) in [6.45, 7) is 5.87. The summed E-state index contributed by atoms with van der Waals surface area (Å²) in [5, 5.41) is 7.56. The molecule has 2 amide bonds. The van der Waals surface area contributed by atoms with Gasteiger partial charge in [-0.15, -0.1) is 0 Å². The molecule has 1 aromatic heterocycles. The van der Waals surface area contributed by atoms with E-state index in [0.29, 0.717) is 32.1 Å². The highest BCUT2D eigenvalue weighted by Crippen LogP contribution is 2.36. The van der Waals surface area contributed by atoms with Crippen molar-refractivity contribution in [3.05, 3.63) is 40.6 Å². The lowest BCUT2D eigenvalue weighted by atomic mass is 10.1. The van der Waals surface area contributed by atoms with Crippen molar-refractivity contribution in [2.75, 3.05) is 31.6 Å². The van der Waals surface area contributed by atoms with Gasteiger partial charge < -0.3 is 15.0 Å². The Morgan fingerprint density at radius 2 is 1.96 bits per heavy atom. The molecule has 0 saturated carbocycles. The molecule has 0 spiro atoms. The van der Waals surface area contributed by atoms with Crippen LogP contribution in [0.25, 0.3) is 5.69 Å². The molecule has 1 aromatic carbocycles. The predicted molar refractivity (Wildman–Crippen MR) is 104 cm³/mol. The molecule has 2 aliphatic heterocycles. The maximum Gasteiger partial charge on any atom is 0.315 e. The number of benzene rings is 1. The first-order chi connectivity index (χ1) is 13.0. The Balaban J connectivity index is 1.65. The van der Waals surface area contributed by atoms with Gasteiger partial charge in [-0.05, 0) is 25.5 Å². The average Bonchev–Trinajstić information content (AvgIpc) is 3.24. The highest BCUT2D eigenvalue weighted by Gasteiger charge is 2.29. The molecule has 0 bridgehead atoms. The normalized spacial score (nSPS) is 16.3. The zero-order valence-electron chi connectivity index (χ0n) is 15.4. The number of amides is 2. The third-order valence-corrected chi connectivity index (χ3v) is 5.83. The van der Waals surface area contributed by atoms with Crippen LogP contribution in [0.4, 0.5) is 5.82 Å². The van der Waals surface area contributed by atoms with Crippen molar-refractivity contribution in [1.29, 1.82) is 0 Å². The number of fused-ring (bicyclic) bond motifs is 1. The van der Waals surface area contributed by atoms with E-state index in [9.17, 15) is 9.59 Å². The van der Waals surface area contributed by atoms with Crippen molar-refractivity contribution in [3.63, 3.8) is 0 Å². The van der Waals surface area contributed by atoms with Crippen LogP contribution >= 0.6 is 11.8 Å². The third-order valence-electron chi connectivity index (χ3n) is 4.86. The molecular weight excluding hydrogens is 364 g/mol. The van der Waals surface area contributed by atoms with Gasteiger partial charge in [0.05, 0.1) is 24.6 Å². The quantitative estimate of drug-likeness (QED) is 0.800.